The van der Waals surface area contributed by atoms with Gasteiger partial charge in [0.2, 0.25) is 0 Å². The Kier molecular flexibility index (Phi) is 6.17. The third-order valence-corrected chi connectivity index (χ3v) is 5.98. The molecule has 0 aliphatic rings. The molecule has 0 aliphatic heterocycles. The number of carbonyl (C=O) groups is 1. The summed E-state index contributed by atoms with van der Waals surface area (Å²) >= 11 is 3.49. The van der Waals surface area contributed by atoms with E-state index in [0.717, 1.165) is 21.0 Å². The molecule has 0 radical (unpaired) electrons. The van der Waals surface area contributed by atoms with E-state index in [1.165, 1.54) is 11.6 Å². The lowest BCUT2D eigenvalue weighted by Crippen LogP contribution is -2.37. The summed E-state index contributed by atoms with van der Waals surface area (Å²) in [6, 6.07) is 7.82. The third-order valence-electron chi connectivity index (χ3n) is 5.49. The van der Waals surface area contributed by atoms with E-state index in [2.05, 4.69) is 20.9 Å². The van der Waals surface area contributed by atoms with Gasteiger partial charge in [-0.1, -0.05) is 48.8 Å². The van der Waals surface area contributed by atoms with Crippen LogP contribution in [-0.4, -0.2) is 24.5 Å². The van der Waals surface area contributed by atoms with E-state index in [1.54, 1.807) is 7.05 Å². The van der Waals surface area contributed by atoms with E-state index in [0.29, 0.717) is 36.4 Å². The van der Waals surface area contributed by atoms with Gasteiger partial charge in [0.05, 0.1) is 0 Å². The molecule has 0 atom stereocenters. The molecule has 0 bridgehead atoms. The Morgan fingerprint density at radius 1 is 1.17 bits per heavy atom. The highest BCUT2D eigenvalue weighted by atomic mass is 79.9. The van der Waals surface area contributed by atoms with E-state index < -0.39 is 11.1 Å². The molecule has 7 nitrogen and oxygen atoms in total. The number of aromatic nitrogens is 4. The lowest BCUT2D eigenvalue weighted by atomic mass is 9.82. The van der Waals surface area contributed by atoms with Crippen LogP contribution in [0.25, 0.3) is 11.2 Å². The van der Waals surface area contributed by atoms with Gasteiger partial charge in [0.1, 0.15) is 11.6 Å². The van der Waals surface area contributed by atoms with Crippen molar-refractivity contribution in [3.63, 3.8) is 0 Å². The van der Waals surface area contributed by atoms with Gasteiger partial charge >= 0.3 is 5.69 Å². The average Bonchev–Trinajstić information content (AvgIpc) is 3.02. The number of aryl methyl sites for hydroxylation is 1. The Morgan fingerprint density at radius 2 is 1.87 bits per heavy atom. The summed E-state index contributed by atoms with van der Waals surface area (Å²) in [5.41, 5.74) is 0.252. The van der Waals surface area contributed by atoms with Crippen molar-refractivity contribution in [3.05, 3.63) is 61.0 Å². The predicted octanol–water partition coefficient (Wildman–Crippen LogP) is 3.18. The molecule has 3 rings (SSSR count). The van der Waals surface area contributed by atoms with Crippen molar-refractivity contribution < 1.29 is 4.79 Å². The standard InChI is InChI=1S/C22H27BrN4O3/c1-6-8-16(28)22(2,3)12-17-24-19-18(20(29)26(5)21(30)25(19)4)27(17)13-14-9-7-10-15(23)11-14/h7,9-11H,6,8,12-13H2,1-5H3. The molecule has 0 unspecified atom stereocenters. The summed E-state index contributed by atoms with van der Waals surface area (Å²) in [6.45, 7) is 6.21. The molecule has 0 amide bonds. The number of ketones is 1. The highest BCUT2D eigenvalue weighted by Gasteiger charge is 2.30. The maximum atomic E-state index is 13.0. The fourth-order valence-electron chi connectivity index (χ4n) is 3.67. The minimum Gasteiger partial charge on any atom is -0.318 e. The second kappa shape index (κ2) is 8.34. The molecule has 0 spiro atoms. The summed E-state index contributed by atoms with van der Waals surface area (Å²) < 4.78 is 5.27. The van der Waals surface area contributed by atoms with Crippen molar-refractivity contribution in [2.24, 2.45) is 19.5 Å². The number of imidazole rings is 1. The van der Waals surface area contributed by atoms with E-state index in [-0.39, 0.29) is 11.3 Å². The molecule has 2 heterocycles. The van der Waals surface area contributed by atoms with Crippen molar-refractivity contribution in [2.75, 3.05) is 0 Å². The Balaban J connectivity index is 2.24. The second-order valence-corrected chi connectivity index (χ2v) is 9.27. The molecule has 1 aromatic carbocycles. The lowest BCUT2D eigenvalue weighted by Gasteiger charge is -2.23. The van der Waals surface area contributed by atoms with Gasteiger partial charge in [0, 0.05) is 43.4 Å². The van der Waals surface area contributed by atoms with Crippen LogP contribution in [0.5, 0.6) is 0 Å². The summed E-state index contributed by atoms with van der Waals surface area (Å²) in [5, 5.41) is 0. The predicted molar refractivity (Wildman–Crippen MR) is 121 cm³/mol. The maximum Gasteiger partial charge on any atom is 0.332 e. The fraction of sp³-hybridized carbons (Fsp3) is 0.455. The number of hydrogen-bond acceptors (Lipinski definition) is 4. The van der Waals surface area contributed by atoms with Crippen LogP contribution >= 0.6 is 15.9 Å². The molecule has 0 fully saturated rings. The second-order valence-electron chi connectivity index (χ2n) is 8.36. The molecule has 30 heavy (non-hydrogen) atoms. The van der Waals surface area contributed by atoms with Crippen LogP contribution in [0.1, 0.15) is 45.0 Å². The van der Waals surface area contributed by atoms with Crippen LogP contribution in [0.15, 0.2) is 38.3 Å². The number of rotatable bonds is 7. The van der Waals surface area contributed by atoms with E-state index in [1.807, 2.05) is 49.6 Å². The third kappa shape index (κ3) is 4.05. The number of halogens is 1. The molecular weight excluding hydrogens is 448 g/mol. The first-order valence-corrected chi connectivity index (χ1v) is 10.8. The number of fused-ring (bicyclic) bond motifs is 1. The molecule has 0 N–H and O–H groups in total. The molecule has 8 heteroatoms. The fourth-order valence-corrected chi connectivity index (χ4v) is 4.12. The molecular formula is C22H27BrN4O3. The zero-order valence-corrected chi connectivity index (χ0v) is 19.6. The van der Waals surface area contributed by atoms with Crippen molar-refractivity contribution in [2.45, 2.75) is 46.6 Å². The largest absolute Gasteiger partial charge is 0.332 e. The van der Waals surface area contributed by atoms with Crippen molar-refractivity contribution in [1.82, 2.24) is 18.7 Å². The number of hydrogen-bond donors (Lipinski definition) is 0. The quantitative estimate of drug-likeness (QED) is 0.526. The molecule has 0 saturated carbocycles. The normalized spacial score (nSPS) is 11.9. The van der Waals surface area contributed by atoms with Gasteiger partial charge in [-0.15, -0.1) is 0 Å². The summed E-state index contributed by atoms with van der Waals surface area (Å²) in [5.74, 6) is 0.783. The first-order chi connectivity index (χ1) is 14.1. The van der Waals surface area contributed by atoms with E-state index in [4.69, 9.17) is 0 Å². The van der Waals surface area contributed by atoms with Crippen LogP contribution in [0, 0.1) is 5.41 Å². The van der Waals surface area contributed by atoms with Crippen molar-refractivity contribution in [3.8, 4) is 0 Å². The Morgan fingerprint density at radius 3 is 2.50 bits per heavy atom. The summed E-state index contributed by atoms with van der Waals surface area (Å²) in [6.07, 6.45) is 1.66. The maximum absolute atomic E-state index is 13.0. The first kappa shape index (κ1) is 22.2. The zero-order chi connectivity index (χ0) is 22.2. The van der Waals surface area contributed by atoms with Crippen LogP contribution in [-0.2, 0) is 31.9 Å². The Hall–Kier alpha value is -2.48. The number of benzene rings is 1. The smallest absolute Gasteiger partial charge is 0.318 e. The Bertz CT molecular complexity index is 1230. The van der Waals surface area contributed by atoms with E-state index in [9.17, 15) is 14.4 Å². The van der Waals surface area contributed by atoms with Gasteiger partial charge in [-0.25, -0.2) is 9.78 Å². The topological polar surface area (TPSA) is 78.9 Å². The summed E-state index contributed by atoms with van der Waals surface area (Å²) in [7, 11) is 3.08. The minimum absolute atomic E-state index is 0.160. The van der Waals surface area contributed by atoms with Crippen molar-refractivity contribution in [1.29, 1.82) is 0 Å². The average molecular weight is 475 g/mol. The highest BCUT2D eigenvalue weighted by molar-refractivity contribution is 9.10. The van der Waals surface area contributed by atoms with E-state index >= 15 is 0 Å². The highest BCUT2D eigenvalue weighted by Crippen LogP contribution is 2.27. The molecule has 3 aromatic rings. The lowest BCUT2D eigenvalue weighted by molar-refractivity contribution is -0.127. The molecule has 0 aliphatic carbocycles. The Labute approximate surface area is 183 Å². The van der Waals surface area contributed by atoms with Gasteiger partial charge in [-0.05, 0) is 24.1 Å². The number of nitrogens with zero attached hydrogens (tertiary/aromatic N) is 4. The van der Waals surface area contributed by atoms with Gasteiger partial charge < -0.3 is 4.57 Å². The molecule has 160 valence electrons. The molecule has 0 saturated heterocycles. The monoisotopic (exact) mass is 474 g/mol. The number of Topliss-reactive ketones (excluding diaryl/α,β-unsaturated/α-hetero) is 1. The number of carbonyl (C=O) groups excluding carboxylic acids is 1. The van der Waals surface area contributed by atoms with Crippen molar-refractivity contribution >= 4 is 32.9 Å². The van der Waals surface area contributed by atoms with Crippen LogP contribution < -0.4 is 11.2 Å². The van der Waals surface area contributed by atoms with Crippen LogP contribution in [0.3, 0.4) is 0 Å². The SMILES string of the molecule is CCCC(=O)C(C)(C)Cc1nc2c(c(=O)n(C)c(=O)n2C)n1Cc1cccc(Br)c1. The molecule has 2 aromatic heterocycles. The zero-order valence-electron chi connectivity index (χ0n) is 18.0. The summed E-state index contributed by atoms with van der Waals surface area (Å²) in [4.78, 5) is 42.8. The minimum atomic E-state index is -0.628. The van der Waals surface area contributed by atoms with Gasteiger partial charge in [0.25, 0.3) is 5.56 Å². The van der Waals surface area contributed by atoms with Gasteiger partial charge in [0.15, 0.2) is 11.2 Å². The van der Waals surface area contributed by atoms with Gasteiger partial charge in [-0.3, -0.25) is 18.7 Å². The first-order valence-electron chi connectivity index (χ1n) is 9.99. The van der Waals surface area contributed by atoms with Gasteiger partial charge in [-0.2, -0.15) is 0 Å². The van der Waals surface area contributed by atoms with Crippen LogP contribution in [0.4, 0.5) is 0 Å². The van der Waals surface area contributed by atoms with Crippen LogP contribution in [0.2, 0.25) is 0 Å².